The summed E-state index contributed by atoms with van der Waals surface area (Å²) in [4.78, 5) is 14.0. The number of benzene rings is 1. The lowest BCUT2D eigenvalue weighted by Gasteiger charge is -2.31. The number of carbonyl (C=O) groups is 1. The van der Waals surface area contributed by atoms with E-state index in [1.807, 2.05) is 23.1 Å². The van der Waals surface area contributed by atoms with Crippen LogP contribution in [0.4, 0.5) is 4.79 Å². The van der Waals surface area contributed by atoms with Crippen LogP contribution in [0.5, 0.6) is 0 Å². The van der Waals surface area contributed by atoms with Gasteiger partial charge in [-0.3, -0.25) is 0 Å². The van der Waals surface area contributed by atoms with Gasteiger partial charge in [0.2, 0.25) is 0 Å². The van der Waals surface area contributed by atoms with Crippen molar-refractivity contribution in [3.05, 3.63) is 48.6 Å². The van der Waals surface area contributed by atoms with E-state index >= 15 is 0 Å². The Morgan fingerprint density at radius 3 is 2.73 bits per heavy atom. The highest BCUT2D eigenvalue weighted by Gasteiger charge is 2.22. The smallest absolute Gasteiger partial charge is 0.317 e. The summed E-state index contributed by atoms with van der Waals surface area (Å²) in [6, 6.07) is 10.3. The molecule has 0 spiro atoms. The number of hydrogen-bond acceptors (Lipinski definition) is 2. The fourth-order valence-electron chi connectivity index (χ4n) is 2.69. The SMILES string of the molecule is C=CCOCC1CCN(C(=O)NCCc2ccccc2)CC1. The van der Waals surface area contributed by atoms with Crippen LogP contribution in [-0.4, -0.2) is 43.8 Å². The molecule has 4 nitrogen and oxygen atoms in total. The first-order valence-corrected chi connectivity index (χ1v) is 8.05. The predicted molar refractivity (Wildman–Crippen MR) is 88.9 cm³/mol. The summed E-state index contributed by atoms with van der Waals surface area (Å²) in [6.07, 6.45) is 4.68. The van der Waals surface area contributed by atoms with Crippen molar-refractivity contribution < 1.29 is 9.53 Å². The lowest BCUT2D eigenvalue weighted by molar-refractivity contribution is 0.0887. The van der Waals surface area contributed by atoms with Crippen molar-refractivity contribution in [3.63, 3.8) is 0 Å². The van der Waals surface area contributed by atoms with E-state index in [0.29, 0.717) is 19.1 Å². The average Bonchev–Trinajstić information content (AvgIpc) is 2.56. The Morgan fingerprint density at radius 1 is 1.32 bits per heavy atom. The third-order valence-electron chi connectivity index (χ3n) is 4.02. The van der Waals surface area contributed by atoms with Crippen LogP contribution in [0.1, 0.15) is 18.4 Å². The van der Waals surface area contributed by atoms with Crippen LogP contribution in [0.25, 0.3) is 0 Å². The van der Waals surface area contributed by atoms with E-state index in [0.717, 1.165) is 39.0 Å². The first-order valence-electron chi connectivity index (χ1n) is 8.05. The van der Waals surface area contributed by atoms with E-state index in [1.165, 1.54) is 5.56 Å². The van der Waals surface area contributed by atoms with Crippen molar-refractivity contribution in [1.29, 1.82) is 0 Å². The van der Waals surface area contributed by atoms with Crippen molar-refractivity contribution in [2.24, 2.45) is 5.92 Å². The molecule has 1 aliphatic rings. The molecule has 2 rings (SSSR count). The molecule has 1 aromatic carbocycles. The number of amides is 2. The van der Waals surface area contributed by atoms with Gasteiger partial charge in [0, 0.05) is 26.2 Å². The Labute approximate surface area is 133 Å². The number of carbonyl (C=O) groups excluding carboxylic acids is 1. The molecule has 0 aliphatic carbocycles. The monoisotopic (exact) mass is 302 g/mol. The van der Waals surface area contributed by atoms with Gasteiger partial charge in [-0.15, -0.1) is 6.58 Å². The van der Waals surface area contributed by atoms with Crippen molar-refractivity contribution in [2.45, 2.75) is 19.3 Å². The van der Waals surface area contributed by atoms with Gasteiger partial charge in [0.05, 0.1) is 6.61 Å². The maximum Gasteiger partial charge on any atom is 0.317 e. The van der Waals surface area contributed by atoms with Crippen LogP contribution in [0, 0.1) is 5.92 Å². The summed E-state index contributed by atoms with van der Waals surface area (Å²) < 4.78 is 5.49. The first kappa shape index (κ1) is 16.6. The van der Waals surface area contributed by atoms with Gasteiger partial charge in [0.25, 0.3) is 0 Å². The number of ether oxygens (including phenoxy) is 1. The third-order valence-corrected chi connectivity index (χ3v) is 4.02. The molecule has 0 aromatic heterocycles. The van der Waals surface area contributed by atoms with Crippen molar-refractivity contribution in [1.82, 2.24) is 10.2 Å². The molecule has 22 heavy (non-hydrogen) atoms. The Balaban J connectivity index is 1.61. The minimum absolute atomic E-state index is 0.0568. The topological polar surface area (TPSA) is 41.6 Å². The number of hydrogen-bond donors (Lipinski definition) is 1. The predicted octanol–water partition coefficient (Wildman–Crippen LogP) is 2.85. The van der Waals surface area contributed by atoms with Gasteiger partial charge in [-0.2, -0.15) is 0 Å². The molecule has 0 radical (unpaired) electrons. The zero-order chi connectivity index (χ0) is 15.6. The minimum Gasteiger partial charge on any atom is -0.377 e. The van der Waals surface area contributed by atoms with Crippen LogP contribution in [0.3, 0.4) is 0 Å². The number of piperidine rings is 1. The van der Waals surface area contributed by atoms with Gasteiger partial charge >= 0.3 is 6.03 Å². The zero-order valence-corrected chi connectivity index (χ0v) is 13.2. The van der Waals surface area contributed by atoms with E-state index in [4.69, 9.17) is 4.74 Å². The molecule has 4 heteroatoms. The zero-order valence-electron chi connectivity index (χ0n) is 13.2. The van der Waals surface area contributed by atoms with Crippen LogP contribution in [-0.2, 0) is 11.2 Å². The molecule has 2 amide bonds. The second-order valence-corrected chi connectivity index (χ2v) is 5.72. The lowest BCUT2D eigenvalue weighted by Crippen LogP contribution is -2.45. The molecule has 0 bridgehead atoms. The van der Waals surface area contributed by atoms with E-state index in [1.54, 1.807) is 6.08 Å². The number of rotatable bonds is 7. The highest BCUT2D eigenvalue weighted by molar-refractivity contribution is 5.74. The largest absolute Gasteiger partial charge is 0.377 e. The summed E-state index contributed by atoms with van der Waals surface area (Å²) in [5.74, 6) is 0.563. The fourth-order valence-corrected chi connectivity index (χ4v) is 2.69. The Hall–Kier alpha value is -1.81. The second-order valence-electron chi connectivity index (χ2n) is 5.72. The van der Waals surface area contributed by atoms with Gasteiger partial charge < -0.3 is 15.0 Å². The quantitative estimate of drug-likeness (QED) is 0.621. The molecule has 1 heterocycles. The van der Waals surface area contributed by atoms with Crippen molar-refractivity contribution in [3.8, 4) is 0 Å². The Kier molecular flexibility index (Phi) is 6.97. The summed E-state index contributed by atoms with van der Waals surface area (Å²) in [7, 11) is 0. The average molecular weight is 302 g/mol. The maximum atomic E-state index is 12.1. The Bertz CT molecular complexity index is 453. The third kappa shape index (κ3) is 5.53. The molecule has 0 saturated carbocycles. The van der Waals surface area contributed by atoms with Crippen molar-refractivity contribution in [2.75, 3.05) is 32.8 Å². The highest BCUT2D eigenvalue weighted by atomic mass is 16.5. The molecule has 0 unspecified atom stereocenters. The van der Waals surface area contributed by atoms with E-state index in [-0.39, 0.29) is 6.03 Å². The maximum absolute atomic E-state index is 12.1. The molecule has 1 aromatic rings. The first-order chi connectivity index (χ1) is 10.8. The number of likely N-dealkylation sites (tertiary alicyclic amines) is 1. The van der Waals surface area contributed by atoms with Gasteiger partial charge in [-0.05, 0) is 30.7 Å². The molecule has 1 saturated heterocycles. The molecule has 1 fully saturated rings. The normalized spacial score (nSPS) is 15.5. The number of nitrogens with one attached hydrogen (secondary N) is 1. The van der Waals surface area contributed by atoms with E-state index < -0.39 is 0 Å². The fraction of sp³-hybridized carbons (Fsp3) is 0.500. The summed E-state index contributed by atoms with van der Waals surface area (Å²) in [5.41, 5.74) is 1.25. The summed E-state index contributed by atoms with van der Waals surface area (Å²) in [6.45, 7) is 7.35. The second kappa shape index (κ2) is 9.26. The lowest BCUT2D eigenvalue weighted by atomic mass is 9.98. The van der Waals surface area contributed by atoms with Gasteiger partial charge in [-0.25, -0.2) is 4.79 Å². The van der Waals surface area contributed by atoms with E-state index in [2.05, 4.69) is 24.0 Å². The van der Waals surface area contributed by atoms with Gasteiger partial charge in [-0.1, -0.05) is 36.4 Å². The minimum atomic E-state index is 0.0568. The standard InChI is InChI=1S/C18H26N2O2/c1-2-14-22-15-17-9-12-20(13-10-17)18(21)19-11-8-16-6-4-3-5-7-16/h2-7,17H,1,8-15H2,(H,19,21). The van der Waals surface area contributed by atoms with Crippen LogP contribution in [0.2, 0.25) is 0 Å². The molecule has 120 valence electrons. The molecule has 1 N–H and O–H groups in total. The molecular weight excluding hydrogens is 276 g/mol. The molecule has 0 atom stereocenters. The van der Waals surface area contributed by atoms with Crippen LogP contribution < -0.4 is 5.32 Å². The number of urea groups is 1. The van der Waals surface area contributed by atoms with E-state index in [9.17, 15) is 4.79 Å². The van der Waals surface area contributed by atoms with Gasteiger partial charge in [0.15, 0.2) is 0 Å². The van der Waals surface area contributed by atoms with Gasteiger partial charge in [0.1, 0.15) is 0 Å². The van der Waals surface area contributed by atoms with Crippen molar-refractivity contribution >= 4 is 6.03 Å². The molecule has 1 aliphatic heterocycles. The van der Waals surface area contributed by atoms with Crippen LogP contribution in [0.15, 0.2) is 43.0 Å². The summed E-state index contributed by atoms with van der Waals surface area (Å²) >= 11 is 0. The summed E-state index contributed by atoms with van der Waals surface area (Å²) in [5, 5.41) is 3.01. The molecular formula is C18H26N2O2. The number of nitrogens with zero attached hydrogens (tertiary/aromatic N) is 1. The highest BCUT2D eigenvalue weighted by Crippen LogP contribution is 2.17. The van der Waals surface area contributed by atoms with Crippen LogP contribution >= 0.6 is 0 Å². The Morgan fingerprint density at radius 2 is 2.05 bits per heavy atom.